The molecule has 36 heavy (non-hydrogen) atoms. The van der Waals surface area contributed by atoms with E-state index >= 15 is 0 Å². The van der Waals surface area contributed by atoms with E-state index in [2.05, 4.69) is 40.2 Å². The third kappa shape index (κ3) is 6.85. The van der Waals surface area contributed by atoms with Gasteiger partial charge in [0, 0.05) is 18.5 Å². The minimum absolute atomic E-state index is 0.00682. The second-order valence-electron chi connectivity index (χ2n) is 9.89. The molecule has 2 aromatic rings. The van der Waals surface area contributed by atoms with Gasteiger partial charge in [-0.1, -0.05) is 62.4 Å². The fourth-order valence-corrected chi connectivity index (χ4v) is 4.37. The Morgan fingerprint density at radius 3 is 2.03 bits per heavy atom. The zero-order valence-corrected chi connectivity index (χ0v) is 21.5. The van der Waals surface area contributed by atoms with Gasteiger partial charge in [0.05, 0.1) is 6.04 Å². The Bertz CT molecular complexity index is 1020. The number of benzene rings is 2. The molecule has 0 aliphatic heterocycles. The van der Waals surface area contributed by atoms with Crippen molar-refractivity contribution in [3.63, 3.8) is 0 Å². The maximum absolute atomic E-state index is 12.6. The molecule has 2 atom stereocenters. The van der Waals surface area contributed by atoms with Gasteiger partial charge >= 0.3 is 6.09 Å². The summed E-state index contributed by atoms with van der Waals surface area (Å²) in [6, 6.07) is 14.9. The van der Waals surface area contributed by atoms with E-state index in [1.165, 1.54) is 11.1 Å². The van der Waals surface area contributed by atoms with Gasteiger partial charge in [-0.25, -0.2) is 4.79 Å². The van der Waals surface area contributed by atoms with E-state index in [1.54, 1.807) is 0 Å². The molecule has 2 unspecified atom stereocenters. The molecule has 5 N–H and O–H groups in total. The fourth-order valence-electron chi connectivity index (χ4n) is 4.37. The van der Waals surface area contributed by atoms with Crippen molar-refractivity contribution in [2.24, 2.45) is 11.7 Å². The molecule has 0 spiro atoms. The zero-order valence-electron chi connectivity index (χ0n) is 21.5. The molecular weight excluding hydrogens is 456 g/mol. The van der Waals surface area contributed by atoms with Gasteiger partial charge in [-0.2, -0.15) is 0 Å². The summed E-state index contributed by atoms with van der Waals surface area (Å²) >= 11 is 0. The molecule has 0 saturated heterocycles. The smallest absolute Gasteiger partial charge is 0.407 e. The molecule has 2 aromatic carbocycles. The molecule has 3 amide bonds. The Hall–Kier alpha value is -3.39. The fraction of sp³-hybridized carbons (Fsp3) is 0.464. The Kier molecular flexibility index (Phi) is 9.47. The second kappa shape index (κ2) is 12.5. The lowest BCUT2D eigenvalue weighted by molar-refractivity contribution is -0.130. The van der Waals surface area contributed by atoms with Gasteiger partial charge < -0.3 is 26.4 Å². The highest BCUT2D eigenvalue weighted by atomic mass is 16.5. The maximum Gasteiger partial charge on any atom is 0.407 e. The number of nitrogens with two attached hydrogens (primary N) is 1. The lowest BCUT2D eigenvalue weighted by atomic mass is 9.98. The van der Waals surface area contributed by atoms with Crippen LogP contribution in [0.3, 0.4) is 0 Å². The average molecular weight is 495 g/mol. The number of ether oxygens (including phenoxy) is 1. The summed E-state index contributed by atoms with van der Waals surface area (Å²) in [6.45, 7) is 7.97. The Balaban J connectivity index is 1.49. The molecule has 0 bridgehead atoms. The molecule has 1 aliphatic carbocycles. The van der Waals surface area contributed by atoms with Gasteiger partial charge in [0.15, 0.2) is 0 Å². The summed E-state index contributed by atoms with van der Waals surface area (Å²) in [4.78, 5) is 37.4. The molecule has 0 aromatic heterocycles. The molecular formula is C28H38N4O4. The van der Waals surface area contributed by atoms with Gasteiger partial charge in [0.1, 0.15) is 12.6 Å². The van der Waals surface area contributed by atoms with Crippen molar-refractivity contribution in [3.8, 4) is 11.1 Å². The molecule has 0 heterocycles. The summed E-state index contributed by atoms with van der Waals surface area (Å²) in [7, 11) is 0. The molecule has 0 saturated carbocycles. The average Bonchev–Trinajstić information content (AvgIpc) is 3.17. The van der Waals surface area contributed by atoms with Crippen molar-refractivity contribution in [1.29, 1.82) is 0 Å². The molecule has 3 rings (SSSR count). The van der Waals surface area contributed by atoms with Crippen LogP contribution in [0, 0.1) is 5.92 Å². The first kappa shape index (κ1) is 27.2. The largest absolute Gasteiger partial charge is 0.449 e. The van der Waals surface area contributed by atoms with Crippen LogP contribution in [0.5, 0.6) is 0 Å². The molecule has 0 radical (unpaired) electrons. The Labute approximate surface area is 213 Å². The lowest BCUT2D eigenvalue weighted by Crippen LogP contribution is -2.53. The highest BCUT2D eigenvalue weighted by Gasteiger charge is 2.29. The number of nitrogens with one attached hydrogen (secondary N) is 3. The van der Waals surface area contributed by atoms with Gasteiger partial charge in [0.25, 0.3) is 0 Å². The number of hydrogen-bond donors (Lipinski definition) is 4. The van der Waals surface area contributed by atoms with E-state index in [4.69, 9.17) is 10.5 Å². The number of amides is 3. The van der Waals surface area contributed by atoms with E-state index in [0.717, 1.165) is 11.1 Å². The maximum atomic E-state index is 12.6. The highest BCUT2D eigenvalue weighted by Crippen LogP contribution is 2.44. The van der Waals surface area contributed by atoms with Crippen LogP contribution in [0.1, 0.15) is 57.6 Å². The van der Waals surface area contributed by atoms with E-state index in [9.17, 15) is 14.4 Å². The van der Waals surface area contributed by atoms with Crippen molar-refractivity contribution >= 4 is 17.9 Å². The summed E-state index contributed by atoms with van der Waals surface area (Å²) in [5, 5.41) is 8.33. The van der Waals surface area contributed by atoms with E-state index in [-0.39, 0.29) is 36.3 Å². The summed E-state index contributed by atoms with van der Waals surface area (Å²) in [6.07, 6.45) is 0.335. The molecule has 194 valence electrons. The predicted octanol–water partition coefficient (Wildman–Crippen LogP) is 3.30. The third-order valence-corrected chi connectivity index (χ3v) is 6.37. The summed E-state index contributed by atoms with van der Waals surface area (Å²) in [5.74, 6) is -0.685. The van der Waals surface area contributed by atoms with Crippen LogP contribution in [0.25, 0.3) is 11.1 Å². The van der Waals surface area contributed by atoms with Crippen LogP contribution in [0.2, 0.25) is 0 Å². The number of rotatable bonds is 11. The Morgan fingerprint density at radius 1 is 0.889 bits per heavy atom. The third-order valence-electron chi connectivity index (χ3n) is 6.37. The van der Waals surface area contributed by atoms with Crippen molar-refractivity contribution in [3.05, 3.63) is 59.7 Å². The first-order valence-corrected chi connectivity index (χ1v) is 12.6. The van der Waals surface area contributed by atoms with Crippen LogP contribution in [0.4, 0.5) is 4.79 Å². The molecule has 0 fully saturated rings. The summed E-state index contributed by atoms with van der Waals surface area (Å²) in [5.41, 5.74) is 10.6. The van der Waals surface area contributed by atoms with Crippen LogP contribution in [-0.2, 0) is 14.3 Å². The first-order chi connectivity index (χ1) is 17.2. The normalized spacial score (nSPS) is 14.1. The lowest BCUT2D eigenvalue weighted by Gasteiger charge is -2.23. The quantitative estimate of drug-likeness (QED) is 0.357. The predicted molar refractivity (Wildman–Crippen MR) is 140 cm³/mol. The number of alkyl carbamates (subject to hydrolysis) is 1. The van der Waals surface area contributed by atoms with E-state index < -0.39 is 18.2 Å². The number of hydrogen-bond acceptors (Lipinski definition) is 5. The molecule has 8 heteroatoms. The van der Waals surface area contributed by atoms with Crippen LogP contribution < -0.4 is 21.7 Å². The first-order valence-electron chi connectivity index (χ1n) is 12.6. The molecule has 1 aliphatic rings. The van der Waals surface area contributed by atoms with Crippen molar-refractivity contribution in [2.75, 3.05) is 13.2 Å². The number of carbonyl (C=O) groups is 3. The van der Waals surface area contributed by atoms with E-state index in [0.29, 0.717) is 19.4 Å². The number of fused-ring (bicyclic) bond motifs is 3. The van der Waals surface area contributed by atoms with Gasteiger partial charge in [-0.05, 0) is 54.9 Å². The Morgan fingerprint density at radius 2 is 1.47 bits per heavy atom. The summed E-state index contributed by atoms with van der Waals surface area (Å²) < 4.78 is 5.55. The topological polar surface area (TPSA) is 123 Å². The van der Waals surface area contributed by atoms with Crippen LogP contribution >= 0.6 is 0 Å². The molecule has 8 nitrogen and oxygen atoms in total. The van der Waals surface area contributed by atoms with Crippen molar-refractivity contribution < 1.29 is 19.1 Å². The number of carbonyl (C=O) groups excluding carboxylic acids is 3. The van der Waals surface area contributed by atoms with Crippen LogP contribution in [-0.4, -0.2) is 49.2 Å². The van der Waals surface area contributed by atoms with Crippen molar-refractivity contribution in [1.82, 2.24) is 16.0 Å². The highest BCUT2D eigenvalue weighted by molar-refractivity contribution is 5.89. The SMILES string of the molecule is CC(C)NC(=O)C(CCCNC(=O)OCC1c2ccccc2-c2ccccc21)NC(=O)C(N)C(C)C. The van der Waals surface area contributed by atoms with E-state index in [1.807, 2.05) is 52.0 Å². The van der Waals surface area contributed by atoms with Gasteiger partial charge in [0.2, 0.25) is 11.8 Å². The zero-order chi connectivity index (χ0) is 26.2. The minimum Gasteiger partial charge on any atom is -0.449 e. The van der Waals surface area contributed by atoms with Gasteiger partial charge in [-0.15, -0.1) is 0 Å². The second-order valence-corrected chi connectivity index (χ2v) is 9.89. The standard InChI is InChI=1S/C28H38N4O4/c1-17(2)25(29)27(34)32-24(26(33)31-18(3)4)14-9-15-30-28(35)36-16-23-21-12-7-5-10-19(21)20-11-6-8-13-22(20)23/h5-8,10-13,17-18,23-25H,9,14-16,29H2,1-4H3,(H,30,35)(H,31,33)(H,32,34). The van der Waals surface area contributed by atoms with Crippen LogP contribution in [0.15, 0.2) is 48.5 Å². The minimum atomic E-state index is -0.728. The van der Waals surface area contributed by atoms with Gasteiger partial charge in [-0.3, -0.25) is 9.59 Å². The monoisotopic (exact) mass is 494 g/mol. The van der Waals surface area contributed by atoms with Crippen molar-refractivity contribution in [2.45, 2.75) is 64.6 Å².